The monoisotopic (exact) mass is 417 g/mol. The van der Waals surface area contributed by atoms with Gasteiger partial charge in [0.2, 0.25) is 11.8 Å². The molecule has 2 fully saturated rings. The van der Waals surface area contributed by atoms with Crippen molar-refractivity contribution in [2.75, 3.05) is 26.2 Å². The number of likely N-dealkylation sites (tertiary alicyclic amines) is 1. The lowest BCUT2D eigenvalue weighted by atomic mass is 10.2. The van der Waals surface area contributed by atoms with Crippen LogP contribution in [0.3, 0.4) is 0 Å². The molecule has 2 aliphatic rings. The van der Waals surface area contributed by atoms with Crippen LogP contribution in [0, 0.1) is 5.92 Å². The van der Waals surface area contributed by atoms with E-state index >= 15 is 0 Å². The predicted octanol–water partition coefficient (Wildman–Crippen LogP) is -0.273. The summed E-state index contributed by atoms with van der Waals surface area (Å²) >= 11 is 0. The number of nitrogens with zero attached hydrogens (tertiary/aromatic N) is 2. The normalized spacial score (nSPS) is 22.7. The van der Waals surface area contributed by atoms with Crippen molar-refractivity contribution < 1.29 is 30.2 Å². The number of carbonyl (C=O) groups excluding carboxylic acids is 5. The Morgan fingerprint density at radius 3 is 2.45 bits per heavy atom. The average molecular weight is 417 g/mol. The van der Waals surface area contributed by atoms with E-state index in [1.165, 1.54) is 0 Å². The molecule has 4 amide bonds. The van der Waals surface area contributed by atoms with Gasteiger partial charge in [0.15, 0.2) is 0 Å². The minimum atomic E-state index is -1.30. The molecule has 0 saturated carbocycles. The fourth-order valence-corrected chi connectivity index (χ4v) is 3.22. The molecule has 0 radical (unpaired) electrons. The quantitative estimate of drug-likeness (QED) is 0.285. The molecule has 2 rings (SSSR count). The van der Waals surface area contributed by atoms with Crippen molar-refractivity contribution >= 4 is 29.6 Å². The van der Waals surface area contributed by atoms with Gasteiger partial charge >= 0.3 is 5.97 Å². The lowest BCUT2D eigenvalue weighted by Crippen LogP contribution is -2.45. The molecule has 2 saturated heterocycles. The van der Waals surface area contributed by atoms with E-state index in [-0.39, 0.29) is 44.7 Å². The van der Waals surface area contributed by atoms with Crippen molar-refractivity contribution in [3.05, 3.63) is 0 Å². The van der Waals surface area contributed by atoms with Gasteiger partial charge in [0.05, 0.1) is 13.8 Å². The summed E-state index contributed by atoms with van der Waals surface area (Å²) in [5, 5.41) is 5.63. The fourth-order valence-electron chi connectivity index (χ4n) is 3.22. The summed E-state index contributed by atoms with van der Waals surface area (Å²) < 4.78 is 8.51. The molecule has 2 aliphatic heterocycles. The van der Waals surface area contributed by atoms with Gasteiger partial charge in [-0.3, -0.25) is 24.1 Å². The minimum absolute atomic E-state index is 0.00411. The van der Waals surface area contributed by atoms with Crippen molar-refractivity contribution in [1.29, 1.82) is 0 Å². The van der Waals surface area contributed by atoms with Gasteiger partial charge in [-0.25, -0.2) is 4.79 Å². The maximum atomic E-state index is 12.5. The molecule has 2 heterocycles. The third kappa shape index (κ3) is 7.12. The molecule has 10 nitrogen and oxygen atoms in total. The van der Waals surface area contributed by atoms with Crippen LogP contribution in [-0.2, 0) is 28.8 Å². The summed E-state index contributed by atoms with van der Waals surface area (Å²) in [5.41, 5.74) is 0. The first-order valence-electron chi connectivity index (χ1n) is 10.5. The molecular formula is C19H30N4O6. The lowest BCUT2D eigenvalue weighted by molar-refractivity contribution is -0.197. The second-order valence-corrected chi connectivity index (χ2v) is 7.54. The Kier molecular flexibility index (Phi) is 7.97. The molecule has 0 aromatic carbocycles. The summed E-state index contributed by atoms with van der Waals surface area (Å²) in [6, 6.07) is -1.30. The van der Waals surface area contributed by atoms with E-state index in [0.717, 1.165) is 6.42 Å². The molecule has 1 atom stereocenters. The zero-order chi connectivity index (χ0) is 22.3. The molecule has 162 valence electrons. The standard InChI is InChI=1S/C19H30N4O6/c1-13(2)12-22-11-3-4-14(22)19(28)21-9-7-15(24)20-10-8-18(27)29-23-16(25)5-6-17(23)26/h13-14H,3-12H2,1-2H3,(H,20,24)(H,21,28)/i7+1,9+1,12+1,14D,15+1,18+1,20+1. The summed E-state index contributed by atoms with van der Waals surface area (Å²) in [7, 11) is 0. The Labute approximate surface area is 171 Å². The van der Waals surface area contributed by atoms with Gasteiger partial charge in [0.1, 0.15) is 0 Å². The number of amides is 4. The van der Waals surface area contributed by atoms with Gasteiger partial charge in [-0.05, 0) is 25.3 Å². The van der Waals surface area contributed by atoms with Gasteiger partial charge in [-0.15, -0.1) is 5.06 Å². The molecule has 0 bridgehead atoms. The van der Waals surface area contributed by atoms with E-state index in [9.17, 15) is 24.0 Å². The van der Waals surface area contributed by atoms with E-state index < -0.39 is 29.7 Å². The molecule has 0 aromatic rings. The Hall–Kier alpha value is -2.49. The highest BCUT2D eigenvalue weighted by Gasteiger charge is 2.33. The van der Waals surface area contributed by atoms with E-state index in [2.05, 4.69) is 10.6 Å². The fraction of sp³-hybridized carbons (Fsp3) is 0.737. The van der Waals surface area contributed by atoms with Crippen molar-refractivity contribution in [3.63, 3.8) is 0 Å². The Morgan fingerprint density at radius 1 is 1.14 bits per heavy atom. The van der Waals surface area contributed by atoms with Gasteiger partial charge < -0.3 is 15.5 Å². The third-order valence-electron chi connectivity index (χ3n) is 4.56. The smallest absolute Gasteiger partial charge is 0.334 e. The summed E-state index contributed by atoms with van der Waals surface area (Å²) in [5.74, 6) is -2.35. The molecule has 10 heteroatoms. The van der Waals surface area contributed by atoms with E-state index in [4.69, 9.17) is 6.21 Å². The lowest BCUT2D eigenvalue weighted by Gasteiger charge is -2.25. The second-order valence-electron chi connectivity index (χ2n) is 7.54. The Balaban J connectivity index is 1.64. The van der Waals surface area contributed by atoms with E-state index in [1.807, 2.05) is 18.7 Å². The number of carbonyl (C=O) groups is 5. The molecule has 0 aromatic heterocycles. The molecule has 1 unspecified atom stereocenters. The zero-order valence-electron chi connectivity index (χ0n) is 18.0. The number of nitrogens with one attached hydrogen (secondary N) is 2. The minimum Gasteiger partial charge on any atom is -0.355 e. The van der Waals surface area contributed by atoms with Crippen LogP contribution in [0.4, 0.5) is 0 Å². The van der Waals surface area contributed by atoms with Crippen LogP contribution >= 0.6 is 0 Å². The van der Waals surface area contributed by atoms with Crippen molar-refractivity contribution in [3.8, 4) is 0 Å². The van der Waals surface area contributed by atoms with Crippen LogP contribution in [0.25, 0.3) is 0 Å². The molecule has 0 spiro atoms. The summed E-state index contributed by atoms with van der Waals surface area (Å²) in [4.78, 5) is 65.3. The first-order chi connectivity index (χ1) is 14.1. The van der Waals surface area contributed by atoms with Gasteiger partial charge in [-0.2, -0.15) is 0 Å². The van der Waals surface area contributed by atoms with Crippen LogP contribution in [0.15, 0.2) is 0 Å². The highest BCUT2D eigenvalue weighted by Crippen LogP contribution is 2.18. The van der Waals surface area contributed by atoms with Gasteiger partial charge in [0.25, 0.3) is 11.8 Å². The number of hydrogen-bond donors (Lipinski definition) is 2. The second kappa shape index (κ2) is 10.9. The molecular weight excluding hydrogens is 386 g/mol. The van der Waals surface area contributed by atoms with Crippen LogP contribution in [0.2, 0.25) is 0 Å². The molecule has 2 N–H and O–H groups in total. The first kappa shape index (κ1) is 21.2. The zero-order valence-corrected chi connectivity index (χ0v) is 17.0. The van der Waals surface area contributed by atoms with Gasteiger partial charge in [-0.1, -0.05) is 13.8 Å². The van der Waals surface area contributed by atoms with Crippen LogP contribution in [0.1, 0.15) is 53.7 Å². The van der Waals surface area contributed by atoms with E-state index in [0.29, 0.717) is 30.5 Å². The summed E-state index contributed by atoms with van der Waals surface area (Å²) in [6.45, 7) is 5.52. The number of imide groups is 1. The predicted molar refractivity (Wildman–Crippen MR) is 102 cm³/mol. The SMILES string of the molecule is [2H]C1(C(=O)N[13CH2][13CH2][13C](=O)[15NH]CC[13C](=O)ON2C(=O)CCC2=O)CCCN1[13CH2]C(C)C. The number of rotatable bonds is 10. The number of hydroxylamine groups is 2. The average Bonchev–Trinajstić information content (AvgIpc) is 3.19. The van der Waals surface area contributed by atoms with Crippen LogP contribution < -0.4 is 10.6 Å². The van der Waals surface area contributed by atoms with Crippen LogP contribution in [-0.4, -0.2) is 71.8 Å². The topological polar surface area (TPSA) is 125 Å². The summed E-state index contributed by atoms with van der Waals surface area (Å²) in [6.07, 6.45) is 1.09. The molecule has 29 heavy (non-hydrogen) atoms. The van der Waals surface area contributed by atoms with Gasteiger partial charge in [0, 0.05) is 38.9 Å². The van der Waals surface area contributed by atoms with Crippen molar-refractivity contribution in [2.24, 2.45) is 5.92 Å². The van der Waals surface area contributed by atoms with Crippen molar-refractivity contribution in [2.45, 2.75) is 58.4 Å². The third-order valence-corrected chi connectivity index (χ3v) is 4.56. The number of hydrogen-bond acceptors (Lipinski definition) is 7. The van der Waals surface area contributed by atoms with Crippen LogP contribution in [0.5, 0.6) is 0 Å². The Bertz CT molecular complexity index is 685. The largest absolute Gasteiger partial charge is 0.355 e. The maximum Gasteiger partial charge on any atom is 0.334 e. The molecule has 0 aliphatic carbocycles. The van der Waals surface area contributed by atoms with Crippen molar-refractivity contribution in [1.82, 2.24) is 20.6 Å². The van der Waals surface area contributed by atoms with E-state index in [1.54, 1.807) is 0 Å². The highest BCUT2D eigenvalue weighted by atomic mass is 16.8. The highest BCUT2D eigenvalue weighted by molar-refractivity contribution is 6.01. The first-order valence-corrected chi connectivity index (χ1v) is 10.00. The Morgan fingerprint density at radius 2 is 1.79 bits per heavy atom. The maximum absolute atomic E-state index is 12.5.